The van der Waals surface area contributed by atoms with Crippen LogP contribution >= 0.6 is 0 Å². The van der Waals surface area contributed by atoms with Crippen molar-refractivity contribution < 1.29 is 9.84 Å². The van der Waals surface area contributed by atoms with Gasteiger partial charge in [-0.2, -0.15) is 0 Å². The van der Waals surface area contributed by atoms with E-state index in [1.165, 1.54) is 12.8 Å². The second kappa shape index (κ2) is 7.34. The third-order valence-corrected chi connectivity index (χ3v) is 3.82. The number of hydrogen-bond acceptors (Lipinski definition) is 4. The van der Waals surface area contributed by atoms with Gasteiger partial charge in [0.15, 0.2) is 11.6 Å². The van der Waals surface area contributed by atoms with E-state index in [-0.39, 0.29) is 0 Å². The van der Waals surface area contributed by atoms with Gasteiger partial charge in [0.2, 0.25) is 0 Å². The summed E-state index contributed by atoms with van der Waals surface area (Å²) in [5, 5.41) is 12.7. The largest absolute Gasteiger partial charge is 0.490 e. The number of aliphatic hydroxyl groups is 1. The first-order valence-corrected chi connectivity index (χ1v) is 7.27. The molecule has 2 unspecified atom stereocenters. The van der Waals surface area contributed by atoms with Crippen molar-refractivity contribution >= 4 is 5.82 Å². The highest BCUT2D eigenvalue weighted by molar-refractivity contribution is 5.49. The minimum Gasteiger partial charge on any atom is -0.490 e. The number of anilines is 1. The summed E-state index contributed by atoms with van der Waals surface area (Å²) in [6.45, 7) is 3.97. The first kappa shape index (κ1) is 14.1. The molecule has 4 nitrogen and oxygen atoms in total. The number of pyridine rings is 1. The minimum atomic E-state index is 0.299. The van der Waals surface area contributed by atoms with E-state index in [1.807, 2.05) is 12.1 Å². The van der Waals surface area contributed by atoms with Gasteiger partial charge in [-0.1, -0.05) is 13.3 Å². The second-order valence-corrected chi connectivity index (χ2v) is 5.21. The molecule has 0 bridgehead atoms. The van der Waals surface area contributed by atoms with E-state index < -0.39 is 0 Å². The molecule has 1 aliphatic carbocycles. The second-order valence-electron chi connectivity index (χ2n) is 5.21. The fourth-order valence-corrected chi connectivity index (χ4v) is 2.70. The predicted molar refractivity (Wildman–Crippen MR) is 76.4 cm³/mol. The summed E-state index contributed by atoms with van der Waals surface area (Å²) in [7, 11) is 0. The summed E-state index contributed by atoms with van der Waals surface area (Å²) >= 11 is 0. The van der Waals surface area contributed by atoms with E-state index in [4.69, 9.17) is 4.74 Å². The van der Waals surface area contributed by atoms with Crippen LogP contribution in [0, 0.1) is 11.8 Å². The summed E-state index contributed by atoms with van der Waals surface area (Å²) in [5.74, 6) is 2.63. The van der Waals surface area contributed by atoms with E-state index >= 15 is 0 Å². The lowest BCUT2D eigenvalue weighted by Crippen LogP contribution is -2.21. The summed E-state index contributed by atoms with van der Waals surface area (Å²) < 4.78 is 5.68. The molecule has 0 amide bonds. The van der Waals surface area contributed by atoms with Crippen molar-refractivity contribution in [3.05, 3.63) is 18.3 Å². The van der Waals surface area contributed by atoms with Crippen LogP contribution < -0.4 is 10.1 Å². The predicted octanol–water partition coefficient (Wildman–Crippen LogP) is 2.69. The van der Waals surface area contributed by atoms with Gasteiger partial charge in [-0.25, -0.2) is 4.98 Å². The molecule has 1 aliphatic rings. The lowest BCUT2D eigenvalue weighted by molar-refractivity contribution is 0.198. The quantitative estimate of drug-likeness (QED) is 0.795. The van der Waals surface area contributed by atoms with E-state index in [0.717, 1.165) is 31.0 Å². The average molecular weight is 264 g/mol. The summed E-state index contributed by atoms with van der Waals surface area (Å²) in [6, 6.07) is 3.84. The van der Waals surface area contributed by atoms with Gasteiger partial charge in [0.05, 0.1) is 6.61 Å². The fourth-order valence-electron chi connectivity index (χ4n) is 2.70. The fraction of sp³-hybridized carbons (Fsp3) is 0.667. The van der Waals surface area contributed by atoms with Crippen LogP contribution in [-0.4, -0.2) is 29.8 Å². The zero-order chi connectivity index (χ0) is 13.5. The van der Waals surface area contributed by atoms with Crippen LogP contribution in [0.4, 0.5) is 5.82 Å². The maximum atomic E-state index is 9.34. The summed E-state index contributed by atoms with van der Waals surface area (Å²) in [4.78, 5) is 4.34. The van der Waals surface area contributed by atoms with Crippen LogP contribution in [0.1, 0.15) is 32.6 Å². The van der Waals surface area contributed by atoms with Crippen molar-refractivity contribution in [3.8, 4) is 5.75 Å². The van der Waals surface area contributed by atoms with Gasteiger partial charge in [-0.15, -0.1) is 0 Å². The molecule has 2 rings (SSSR count). The van der Waals surface area contributed by atoms with Gasteiger partial charge in [0, 0.05) is 19.3 Å². The maximum Gasteiger partial charge on any atom is 0.168 e. The smallest absolute Gasteiger partial charge is 0.168 e. The minimum absolute atomic E-state index is 0.299. The molecule has 0 spiro atoms. The third-order valence-electron chi connectivity index (χ3n) is 3.82. The normalized spacial score (nSPS) is 22.4. The molecular weight excluding hydrogens is 240 g/mol. The molecule has 2 atom stereocenters. The van der Waals surface area contributed by atoms with Crippen molar-refractivity contribution in [1.82, 2.24) is 4.98 Å². The molecule has 0 aliphatic heterocycles. The lowest BCUT2D eigenvalue weighted by atomic mass is 9.97. The molecule has 0 saturated heterocycles. The van der Waals surface area contributed by atoms with E-state index in [0.29, 0.717) is 25.0 Å². The molecule has 0 radical (unpaired) electrons. The van der Waals surface area contributed by atoms with E-state index in [1.54, 1.807) is 6.20 Å². The molecule has 106 valence electrons. The molecule has 1 aromatic heterocycles. The molecule has 19 heavy (non-hydrogen) atoms. The molecule has 1 aromatic rings. The van der Waals surface area contributed by atoms with Gasteiger partial charge in [0.25, 0.3) is 0 Å². The number of hydrogen-bond donors (Lipinski definition) is 2. The van der Waals surface area contributed by atoms with Crippen LogP contribution in [0.15, 0.2) is 18.3 Å². The Bertz CT molecular complexity index is 384. The van der Waals surface area contributed by atoms with Crippen molar-refractivity contribution in [2.75, 3.05) is 25.1 Å². The molecule has 1 saturated carbocycles. The van der Waals surface area contributed by atoms with Crippen molar-refractivity contribution in [2.24, 2.45) is 11.8 Å². The first-order valence-electron chi connectivity index (χ1n) is 7.27. The molecule has 0 aromatic carbocycles. The van der Waals surface area contributed by atoms with Crippen LogP contribution in [-0.2, 0) is 0 Å². The molecular formula is C15H24N2O2. The SMILES string of the molecule is CCCOc1cccnc1NCC1CCCC1CO. The third kappa shape index (κ3) is 3.83. The Morgan fingerprint density at radius 3 is 3.05 bits per heavy atom. The number of nitrogens with one attached hydrogen (secondary N) is 1. The number of aliphatic hydroxyl groups excluding tert-OH is 1. The van der Waals surface area contributed by atoms with Crippen LogP contribution in [0.5, 0.6) is 5.75 Å². The maximum absolute atomic E-state index is 9.34. The van der Waals surface area contributed by atoms with E-state index in [9.17, 15) is 5.11 Å². The Labute approximate surface area is 115 Å². The Balaban J connectivity index is 1.91. The zero-order valence-electron chi connectivity index (χ0n) is 11.6. The summed E-state index contributed by atoms with van der Waals surface area (Å²) in [5.41, 5.74) is 0. The highest BCUT2D eigenvalue weighted by Crippen LogP contribution is 2.32. The van der Waals surface area contributed by atoms with E-state index in [2.05, 4.69) is 17.2 Å². The Hall–Kier alpha value is -1.29. The lowest BCUT2D eigenvalue weighted by Gasteiger charge is -2.19. The Morgan fingerprint density at radius 1 is 1.42 bits per heavy atom. The zero-order valence-corrected chi connectivity index (χ0v) is 11.6. The monoisotopic (exact) mass is 264 g/mol. The molecule has 4 heteroatoms. The van der Waals surface area contributed by atoms with Gasteiger partial charge >= 0.3 is 0 Å². The average Bonchev–Trinajstić information content (AvgIpc) is 2.91. The van der Waals surface area contributed by atoms with Crippen molar-refractivity contribution in [1.29, 1.82) is 0 Å². The highest BCUT2D eigenvalue weighted by Gasteiger charge is 2.26. The number of rotatable bonds is 7. The molecule has 1 fully saturated rings. The molecule has 1 heterocycles. The van der Waals surface area contributed by atoms with Gasteiger partial charge in [-0.05, 0) is 43.2 Å². The van der Waals surface area contributed by atoms with Crippen molar-refractivity contribution in [2.45, 2.75) is 32.6 Å². The number of nitrogens with zero attached hydrogens (tertiary/aromatic N) is 1. The Kier molecular flexibility index (Phi) is 5.45. The van der Waals surface area contributed by atoms with Crippen molar-refractivity contribution in [3.63, 3.8) is 0 Å². The first-order chi connectivity index (χ1) is 9.35. The number of ether oxygens (including phenoxy) is 1. The molecule has 2 N–H and O–H groups in total. The van der Waals surface area contributed by atoms with Gasteiger partial charge < -0.3 is 15.2 Å². The standard InChI is InChI=1S/C15H24N2O2/c1-2-9-19-14-7-4-8-16-15(14)17-10-12-5-3-6-13(12)11-18/h4,7-8,12-13,18H,2-3,5-6,9-11H2,1H3,(H,16,17). The topological polar surface area (TPSA) is 54.4 Å². The highest BCUT2D eigenvalue weighted by atomic mass is 16.5. The van der Waals surface area contributed by atoms with Gasteiger partial charge in [-0.3, -0.25) is 0 Å². The van der Waals surface area contributed by atoms with Crippen LogP contribution in [0.2, 0.25) is 0 Å². The van der Waals surface area contributed by atoms with Gasteiger partial charge in [0.1, 0.15) is 0 Å². The summed E-state index contributed by atoms with van der Waals surface area (Å²) in [6.07, 6.45) is 6.32. The number of aromatic nitrogens is 1. The Morgan fingerprint density at radius 2 is 2.26 bits per heavy atom. The van der Waals surface area contributed by atoms with Crippen LogP contribution in [0.25, 0.3) is 0 Å². The van der Waals surface area contributed by atoms with Crippen LogP contribution in [0.3, 0.4) is 0 Å².